The summed E-state index contributed by atoms with van der Waals surface area (Å²) in [6, 6.07) is 11.7. The van der Waals surface area contributed by atoms with Gasteiger partial charge in [-0.15, -0.1) is 0 Å². The first-order valence-electron chi connectivity index (χ1n) is 12.7. The number of hydrogen-bond acceptors (Lipinski definition) is 5. The number of carbonyl (C=O) groups excluding carboxylic acids is 3. The van der Waals surface area contributed by atoms with Crippen molar-refractivity contribution in [2.75, 3.05) is 52.0 Å². The fourth-order valence-electron chi connectivity index (χ4n) is 3.79. The molecule has 0 spiro atoms. The van der Waals surface area contributed by atoms with E-state index in [9.17, 15) is 19.2 Å². The van der Waals surface area contributed by atoms with Gasteiger partial charge in [0.05, 0.1) is 19.2 Å². The molecule has 0 heterocycles. The number of carbonyl (C=O) groups is 4. The molecule has 39 heavy (non-hydrogen) atoms. The summed E-state index contributed by atoms with van der Waals surface area (Å²) in [6.45, 7) is 4.23. The van der Waals surface area contributed by atoms with Gasteiger partial charge in [0.15, 0.2) is 0 Å². The summed E-state index contributed by atoms with van der Waals surface area (Å²) in [5.41, 5.74) is 3.04. The number of anilines is 2. The second-order valence-electron chi connectivity index (χ2n) is 9.51. The van der Waals surface area contributed by atoms with E-state index >= 15 is 0 Å². The van der Waals surface area contributed by atoms with E-state index in [1.54, 1.807) is 45.1 Å². The number of ether oxygens (including phenoxy) is 1. The lowest BCUT2D eigenvalue weighted by atomic mass is 10.1. The Kier molecular flexibility index (Phi) is 11.6. The highest BCUT2D eigenvalue weighted by Crippen LogP contribution is 2.26. The van der Waals surface area contributed by atoms with Crippen LogP contribution in [0.2, 0.25) is 0 Å². The predicted molar refractivity (Wildman–Crippen MR) is 150 cm³/mol. The summed E-state index contributed by atoms with van der Waals surface area (Å²) in [4.78, 5) is 53.0. The molecule has 0 aliphatic carbocycles. The molecule has 0 aliphatic heterocycles. The Morgan fingerprint density at radius 3 is 2.23 bits per heavy atom. The van der Waals surface area contributed by atoms with Crippen molar-refractivity contribution in [2.24, 2.45) is 0 Å². The van der Waals surface area contributed by atoms with Crippen molar-refractivity contribution in [3.05, 3.63) is 53.6 Å². The summed E-state index contributed by atoms with van der Waals surface area (Å²) in [6.07, 6.45) is 0.587. The van der Waals surface area contributed by atoms with Gasteiger partial charge in [0.2, 0.25) is 5.91 Å². The van der Waals surface area contributed by atoms with Crippen LogP contribution in [0.1, 0.15) is 30.9 Å². The summed E-state index contributed by atoms with van der Waals surface area (Å²) >= 11 is 0. The minimum absolute atomic E-state index is 0.0813. The zero-order valence-electron chi connectivity index (χ0n) is 23.5. The lowest BCUT2D eigenvalue weighted by molar-refractivity contribution is -0.138. The predicted octanol–water partition coefficient (Wildman–Crippen LogP) is 3.89. The zero-order valence-corrected chi connectivity index (χ0v) is 23.5. The third kappa shape index (κ3) is 9.51. The molecule has 0 bridgehead atoms. The maximum absolute atomic E-state index is 12.7. The SMILES string of the molecule is COc1cc(CCC(=O)N(C)CCN(C)C(=O)N(C)C(C)CC(=O)O)ccc1NC(=O)Nc1ccccc1C. The van der Waals surface area contributed by atoms with Crippen molar-refractivity contribution in [2.45, 2.75) is 39.2 Å². The Morgan fingerprint density at radius 1 is 0.949 bits per heavy atom. The average Bonchev–Trinajstić information content (AvgIpc) is 2.90. The van der Waals surface area contributed by atoms with Crippen LogP contribution in [0.5, 0.6) is 5.75 Å². The zero-order chi connectivity index (χ0) is 29.1. The Labute approximate surface area is 229 Å². The molecular formula is C28H39N5O6. The molecule has 0 fully saturated rings. The number of amides is 5. The number of aryl methyl sites for hydroxylation is 2. The van der Waals surface area contributed by atoms with Gasteiger partial charge in [-0.25, -0.2) is 9.59 Å². The van der Waals surface area contributed by atoms with Crippen LogP contribution in [0, 0.1) is 6.92 Å². The highest BCUT2D eigenvalue weighted by Gasteiger charge is 2.22. The quantitative estimate of drug-likeness (QED) is 0.374. The van der Waals surface area contributed by atoms with E-state index in [1.807, 2.05) is 37.3 Å². The monoisotopic (exact) mass is 541 g/mol. The number of para-hydroxylation sites is 1. The molecule has 0 saturated heterocycles. The lowest BCUT2D eigenvalue weighted by Gasteiger charge is -2.30. The van der Waals surface area contributed by atoms with Crippen LogP contribution >= 0.6 is 0 Å². The number of nitrogens with zero attached hydrogens (tertiary/aromatic N) is 3. The molecule has 3 N–H and O–H groups in total. The molecule has 0 radical (unpaired) electrons. The number of nitrogens with one attached hydrogen (secondary N) is 2. The Balaban J connectivity index is 1.86. The van der Waals surface area contributed by atoms with E-state index in [4.69, 9.17) is 9.84 Å². The molecule has 0 saturated carbocycles. The van der Waals surface area contributed by atoms with Crippen LogP contribution in [0.15, 0.2) is 42.5 Å². The normalized spacial score (nSPS) is 11.2. The molecule has 0 aromatic heterocycles. The number of urea groups is 2. The van der Waals surface area contributed by atoms with E-state index < -0.39 is 18.0 Å². The molecule has 0 aliphatic rings. The number of rotatable bonds is 12. The molecule has 212 valence electrons. The van der Waals surface area contributed by atoms with Crippen molar-refractivity contribution in [1.29, 1.82) is 0 Å². The van der Waals surface area contributed by atoms with Gasteiger partial charge < -0.3 is 35.2 Å². The molecule has 5 amide bonds. The minimum atomic E-state index is -0.970. The van der Waals surface area contributed by atoms with Gasteiger partial charge in [-0.3, -0.25) is 9.59 Å². The molecule has 11 heteroatoms. The number of carboxylic acids is 1. The summed E-state index contributed by atoms with van der Waals surface area (Å²) in [5.74, 6) is -0.570. The number of methoxy groups -OCH3 is 1. The first-order valence-corrected chi connectivity index (χ1v) is 12.7. The number of aliphatic carboxylic acids is 1. The number of hydrogen-bond donors (Lipinski definition) is 3. The maximum atomic E-state index is 12.7. The van der Waals surface area contributed by atoms with Crippen LogP contribution in [-0.2, 0) is 16.0 Å². The van der Waals surface area contributed by atoms with Gasteiger partial charge in [-0.1, -0.05) is 24.3 Å². The van der Waals surface area contributed by atoms with E-state index in [-0.39, 0.29) is 24.8 Å². The molecular weight excluding hydrogens is 502 g/mol. The molecule has 2 rings (SSSR count). The third-order valence-corrected chi connectivity index (χ3v) is 6.49. The Bertz CT molecular complexity index is 1170. The number of likely N-dealkylation sites (N-methyl/N-ethyl adjacent to an activating group) is 2. The fourth-order valence-corrected chi connectivity index (χ4v) is 3.79. The second-order valence-corrected chi connectivity index (χ2v) is 9.51. The van der Waals surface area contributed by atoms with E-state index in [1.165, 1.54) is 16.9 Å². The standard InChI is InChI=1S/C28H39N5O6/c1-19-9-7-8-10-22(19)29-27(37)30-23-13-11-21(18-24(23)39-6)12-14-25(34)31(3)15-16-32(4)28(38)33(5)20(2)17-26(35)36/h7-11,13,18,20H,12,14-17H2,1-6H3,(H,35,36)(H2,29,30,37). The van der Waals surface area contributed by atoms with Crippen LogP contribution in [0.4, 0.5) is 21.0 Å². The summed E-state index contributed by atoms with van der Waals surface area (Å²) in [5, 5.41) is 14.5. The van der Waals surface area contributed by atoms with E-state index in [0.717, 1.165) is 11.1 Å². The van der Waals surface area contributed by atoms with Crippen LogP contribution in [0.25, 0.3) is 0 Å². The van der Waals surface area contributed by atoms with Crippen LogP contribution in [0.3, 0.4) is 0 Å². The lowest BCUT2D eigenvalue weighted by Crippen LogP contribution is -2.46. The molecule has 2 aromatic carbocycles. The van der Waals surface area contributed by atoms with Gasteiger partial charge in [0.25, 0.3) is 0 Å². The van der Waals surface area contributed by atoms with Gasteiger partial charge >= 0.3 is 18.0 Å². The smallest absolute Gasteiger partial charge is 0.323 e. The highest BCUT2D eigenvalue weighted by molar-refractivity contribution is 6.01. The molecule has 2 aromatic rings. The van der Waals surface area contributed by atoms with Gasteiger partial charge in [-0.05, 0) is 49.6 Å². The maximum Gasteiger partial charge on any atom is 0.323 e. The van der Waals surface area contributed by atoms with Crippen molar-refractivity contribution < 1.29 is 29.0 Å². The van der Waals surface area contributed by atoms with Crippen molar-refractivity contribution in [3.8, 4) is 5.75 Å². The Morgan fingerprint density at radius 2 is 1.59 bits per heavy atom. The summed E-state index contributed by atoms with van der Waals surface area (Å²) in [7, 11) is 6.37. The highest BCUT2D eigenvalue weighted by atomic mass is 16.5. The van der Waals surface area contributed by atoms with Crippen molar-refractivity contribution in [3.63, 3.8) is 0 Å². The van der Waals surface area contributed by atoms with Gasteiger partial charge in [-0.2, -0.15) is 0 Å². The van der Waals surface area contributed by atoms with Crippen molar-refractivity contribution >= 4 is 35.3 Å². The fraction of sp³-hybridized carbons (Fsp3) is 0.429. The minimum Gasteiger partial charge on any atom is -0.495 e. The van der Waals surface area contributed by atoms with Crippen LogP contribution < -0.4 is 15.4 Å². The molecule has 1 atom stereocenters. The number of benzene rings is 2. The first-order chi connectivity index (χ1) is 18.4. The third-order valence-electron chi connectivity index (χ3n) is 6.49. The first kappa shape index (κ1) is 30.9. The second kappa shape index (κ2) is 14.6. The molecule has 1 unspecified atom stereocenters. The van der Waals surface area contributed by atoms with Crippen molar-refractivity contribution in [1.82, 2.24) is 14.7 Å². The van der Waals surface area contributed by atoms with E-state index in [2.05, 4.69) is 10.6 Å². The van der Waals surface area contributed by atoms with E-state index in [0.29, 0.717) is 36.6 Å². The van der Waals surface area contributed by atoms with Gasteiger partial charge in [0, 0.05) is 52.4 Å². The van der Waals surface area contributed by atoms with Crippen LogP contribution in [-0.4, -0.2) is 91.1 Å². The average molecular weight is 542 g/mol. The largest absolute Gasteiger partial charge is 0.495 e. The topological polar surface area (TPSA) is 132 Å². The van der Waals surface area contributed by atoms with Gasteiger partial charge in [0.1, 0.15) is 5.75 Å². The molecule has 11 nitrogen and oxygen atoms in total. The summed E-state index contributed by atoms with van der Waals surface area (Å²) < 4.78 is 5.45. The Hall–Kier alpha value is -4.28. The number of carboxylic acid groups (broad SMARTS) is 1.